The van der Waals surface area contributed by atoms with E-state index in [0.717, 1.165) is 10.9 Å². The molecule has 0 bridgehead atoms. The minimum Gasteiger partial charge on any atom is -0.333 e. The summed E-state index contributed by atoms with van der Waals surface area (Å²) in [6.45, 7) is 0.278. The van der Waals surface area contributed by atoms with Crippen LogP contribution in [0.1, 0.15) is 0 Å². The summed E-state index contributed by atoms with van der Waals surface area (Å²) in [7, 11) is 0. The Balaban J connectivity index is 2.73. The van der Waals surface area contributed by atoms with Gasteiger partial charge in [-0.2, -0.15) is 5.26 Å². The molecule has 2 aromatic rings. The summed E-state index contributed by atoms with van der Waals surface area (Å²) in [5.41, 5.74) is 0.830. The van der Waals surface area contributed by atoms with Crippen molar-refractivity contribution in [1.29, 1.82) is 5.26 Å². The third-order valence-electron chi connectivity index (χ3n) is 1.93. The molecule has 2 rings (SSSR count). The maximum atomic E-state index is 8.58. The number of pyridine rings is 1. The number of nitrogens with zero attached hydrogens (tertiary/aromatic N) is 3. The topological polar surface area (TPSA) is 41.6 Å². The smallest absolute Gasteiger partial charge is 0.140 e. The van der Waals surface area contributed by atoms with E-state index in [4.69, 9.17) is 28.5 Å². The van der Waals surface area contributed by atoms with Gasteiger partial charge in [0.1, 0.15) is 16.9 Å². The van der Waals surface area contributed by atoms with Crippen molar-refractivity contribution in [3.8, 4) is 6.07 Å². The number of hydrogen-bond donors (Lipinski definition) is 0. The Morgan fingerprint density at radius 2 is 2.29 bits per heavy atom. The molecule has 0 saturated heterocycles. The van der Waals surface area contributed by atoms with Crippen molar-refractivity contribution >= 4 is 34.1 Å². The second-order valence-electron chi connectivity index (χ2n) is 2.77. The summed E-state index contributed by atoms with van der Waals surface area (Å²) in [4.78, 5) is 3.91. The van der Waals surface area contributed by atoms with Gasteiger partial charge in [-0.1, -0.05) is 23.2 Å². The normalized spacial score (nSPS) is 10.4. The van der Waals surface area contributed by atoms with Crippen molar-refractivity contribution in [1.82, 2.24) is 9.55 Å². The van der Waals surface area contributed by atoms with Crippen LogP contribution in [0.5, 0.6) is 0 Å². The highest BCUT2D eigenvalue weighted by molar-refractivity contribution is 6.36. The van der Waals surface area contributed by atoms with Gasteiger partial charge >= 0.3 is 0 Å². The van der Waals surface area contributed by atoms with Crippen molar-refractivity contribution in [3.63, 3.8) is 0 Å². The number of fused-ring (bicyclic) bond motifs is 1. The maximum Gasteiger partial charge on any atom is 0.140 e. The third kappa shape index (κ3) is 1.43. The zero-order chi connectivity index (χ0) is 10.1. The fourth-order valence-electron chi connectivity index (χ4n) is 1.33. The van der Waals surface area contributed by atoms with E-state index < -0.39 is 0 Å². The van der Waals surface area contributed by atoms with Crippen LogP contribution in [0.3, 0.4) is 0 Å². The van der Waals surface area contributed by atoms with Crippen LogP contribution in [-0.4, -0.2) is 9.55 Å². The van der Waals surface area contributed by atoms with Crippen LogP contribution in [0.4, 0.5) is 0 Å². The van der Waals surface area contributed by atoms with E-state index in [1.807, 2.05) is 6.07 Å². The van der Waals surface area contributed by atoms with Gasteiger partial charge in [0.15, 0.2) is 0 Å². The van der Waals surface area contributed by atoms with Gasteiger partial charge < -0.3 is 4.57 Å². The van der Waals surface area contributed by atoms with Crippen LogP contribution in [0.25, 0.3) is 10.9 Å². The van der Waals surface area contributed by atoms with E-state index in [1.165, 1.54) is 0 Å². The fourth-order valence-corrected chi connectivity index (χ4v) is 1.82. The van der Waals surface area contributed by atoms with Crippen molar-refractivity contribution in [2.75, 3.05) is 0 Å². The summed E-state index contributed by atoms with van der Waals surface area (Å²) in [6, 6.07) is 5.57. The average Bonchev–Trinajstić information content (AvgIpc) is 2.49. The average molecular weight is 226 g/mol. The van der Waals surface area contributed by atoms with Gasteiger partial charge in [-0.3, -0.25) is 0 Å². The van der Waals surface area contributed by atoms with E-state index in [1.54, 1.807) is 16.8 Å². The molecule has 0 atom stereocenters. The zero-order valence-corrected chi connectivity index (χ0v) is 8.55. The molecule has 0 N–H and O–H groups in total. The number of nitriles is 1. The molecule has 0 spiro atoms. The van der Waals surface area contributed by atoms with Crippen LogP contribution in [-0.2, 0) is 6.54 Å². The van der Waals surface area contributed by atoms with Gasteiger partial charge in [-0.25, -0.2) is 4.98 Å². The van der Waals surface area contributed by atoms with Crippen molar-refractivity contribution in [2.24, 2.45) is 0 Å². The van der Waals surface area contributed by atoms with E-state index in [9.17, 15) is 0 Å². The molecule has 0 radical (unpaired) electrons. The monoisotopic (exact) mass is 225 g/mol. The van der Waals surface area contributed by atoms with Gasteiger partial charge in [0.05, 0.1) is 11.6 Å². The third-order valence-corrected chi connectivity index (χ3v) is 2.41. The van der Waals surface area contributed by atoms with E-state index in [-0.39, 0.29) is 6.54 Å². The molecule has 0 aromatic carbocycles. The van der Waals surface area contributed by atoms with Gasteiger partial charge in [-0.15, -0.1) is 0 Å². The minimum absolute atomic E-state index is 0.278. The summed E-state index contributed by atoms with van der Waals surface area (Å²) >= 11 is 11.6. The number of halogens is 2. The molecule has 2 aromatic heterocycles. The Morgan fingerprint density at radius 1 is 1.50 bits per heavy atom. The Labute approximate surface area is 90.5 Å². The second kappa shape index (κ2) is 3.49. The van der Waals surface area contributed by atoms with Crippen molar-refractivity contribution in [2.45, 2.75) is 6.54 Å². The molecular weight excluding hydrogens is 221 g/mol. The molecule has 14 heavy (non-hydrogen) atoms. The van der Waals surface area contributed by atoms with Gasteiger partial charge in [0, 0.05) is 11.6 Å². The lowest BCUT2D eigenvalue weighted by molar-refractivity contribution is 0.874. The first-order valence-corrected chi connectivity index (χ1v) is 4.66. The second-order valence-corrected chi connectivity index (χ2v) is 3.52. The highest BCUT2D eigenvalue weighted by atomic mass is 35.5. The Bertz CT molecular complexity index is 525. The summed E-state index contributed by atoms with van der Waals surface area (Å²) in [6.07, 6.45) is 1.79. The first-order chi connectivity index (χ1) is 6.72. The molecule has 3 nitrogen and oxygen atoms in total. The standard InChI is InChI=1S/C9H5Cl2N3/c10-8-5-7-6(9(11)13-8)1-3-14(7)4-2-12/h1,3,5H,4H2. The lowest BCUT2D eigenvalue weighted by Crippen LogP contribution is -1.92. The SMILES string of the molecule is N#CCn1ccc2c(Cl)nc(Cl)cc21. The lowest BCUT2D eigenvalue weighted by atomic mass is 10.3. The largest absolute Gasteiger partial charge is 0.333 e. The van der Waals surface area contributed by atoms with Crippen LogP contribution in [0.2, 0.25) is 10.3 Å². The zero-order valence-electron chi connectivity index (χ0n) is 7.04. The molecule has 0 saturated carbocycles. The van der Waals surface area contributed by atoms with Gasteiger partial charge in [0.2, 0.25) is 0 Å². The molecule has 0 fully saturated rings. The first-order valence-electron chi connectivity index (χ1n) is 3.90. The number of rotatable bonds is 1. The molecular formula is C9H5Cl2N3. The minimum atomic E-state index is 0.278. The van der Waals surface area contributed by atoms with Crippen LogP contribution in [0, 0.1) is 11.3 Å². The molecule has 5 heteroatoms. The summed E-state index contributed by atoms with van der Waals surface area (Å²) in [5.74, 6) is 0. The molecule has 2 heterocycles. The summed E-state index contributed by atoms with van der Waals surface area (Å²) in [5, 5.41) is 10.1. The molecule has 0 aliphatic rings. The van der Waals surface area contributed by atoms with Crippen molar-refractivity contribution in [3.05, 3.63) is 28.6 Å². The number of hydrogen-bond acceptors (Lipinski definition) is 2. The van der Waals surface area contributed by atoms with Gasteiger partial charge in [-0.05, 0) is 12.1 Å². The predicted octanol–water partition coefficient (Wildman–Crippen LogP) is 2.87. The van der Waals surface area contributed by atoms with Crippen LogP contribution >= 0.6 is 23.2 Å². The molecule has 70 valence electrons. The quantitative estimate of drug-likeness (QED) is 0.701. The van der Waals surface area contributed by atoms with E-state index in [0.29, 0.717) is 10.3 Å². The fraction of sp³-hybridized carbons (Fsp3) is 0.111. The molecule has 0 amide bonds. The lowest BCUT2D eigenvalue weighted by Gasteiger charge is -1.99. The molecule has 0 unspecified atom stereocenters. The molecule has 0 aliphatic heterocycles. The number of aromatic nitrogens is 2. The molecule has 0 aliphatic carbocycles. The summed E-state index contributed by atoms with van der Waals surface area (Å²) < 4.78 is 1.77. The van der Waals surface area contributed by atoms with Crippen LogP contribution in [0.15, 0.2) is 18.3 Å². The Hall–Kier alpha value is -1.24. The highest BCUT2D eigenvalue weighted by Crippen LogP contribution is 2.25. The van der Waals surface area contributed by atoms with Crippen molar-refractivity contribution < 1.29 is 0 Å². The van der Waals surface area contributed by atoms with Gasteiger partial charge in [0.25, 0.3) is 0 Å². The first kappa shape index (κ1) is 9.32. The Kier molecular flexibility index (Phi) is 2.32. The maximum absolute atomic E-state index is 8.58. The highest BCUT2D eigenvalue weighted by Gasteiger charge is 2.06. The van der Waals surface area contributed by atoms with E-state index >= 15 is 0 Å². The Morgan fingerprint density at radius 3 is 3.00 bits per heavy atom. The van der Waals surface area contributed by atoms with Crippen LogP contribution < -0.4 is 0 Å². The van der Waals surface area contributed by atoms with E-state index in [2.05, 4.69) is 11.1 Å². The predicted molar refractivity (Wildman–Crippen MR) is 55.4 cm³/mol.